The second kappa shape index (κ2) is 5.70. The SMILES string of the molecule is CC(C)(C)C1CCC(CNc2cccc3cn[nH]c23)CC1. The Morgan fingerprint density at radius 3 is 2.67 bits per heavy atom. The van der Waals surface area contributed by atoms with Crippen LogP contribution < -0.4 is 5.32 Å². The molecular weight excluding hydrogens is 258 g/mol. The Kier molecular flexibility index (Phi) is 3.92. The number of aromatic nitrogens is 2. The Morgan fingerprint density at radius 2 is 1.95 bits per heavy atom. The van der Waals surface area contributed by atoms with E-state index in [0.717, 1.165) is 23.9 Å². The smallest absolute Gasteiger partial charge is 0.0881 e. The van der Waals surface area contributed by atoms with Gasteiger partial charge in [-0.15, -0.1) is 0 Å². The van der Waals surface area contributed by atoms with Crippen molar-refractivity contribution in [2.24, 2.45) is 17.3 Å². The van der Waals surface area contributed by atoms with Crippen LogP contribution in [-0.2, 0) is 0 Å². The van der Waals surface area contributed by atoms with E-state index in [0.29, 0.717) is 5.41 Å². The van der Waals surface area contributed by atoms with Crippen LogP contribution in [0.2, 0.25) is 0 Å². The molecule has 3 heteroatoms. The molecule has 2 aromatic rings. The van der Waals surface area contributed by atoms with Crippen molar-refractivity contribution >= 4 is 16.6 Å². The topological polar surface area (TPSA) is 40.7 Å². The minimum atomic E-state index is 0.472. The minimum absolute atomic E-state index is 0.472. The van der Waals surface area contributed by atoms with E-state index in [4.69, 9.17) is 0 Å². The molecule has 1 fully saturated rings. The van der Waals surface area contributed by atoms with Gasteiger partial charge < -0.3 is 5.32 Å². The molecule has 1 saturated carbocycles. The summed E-state index contributed by atoms with van der Waals surface area (Å²) in [7, 11) is 0. The molecule has 1 aromatic heterocycles. The van der Waals surface area contributed by atoms with Gasteiger partial charge in [0.25, 0.3) is 0 Å². The highest BCUT2D eigenvalue weighted by Crippen LogP contribution is 2.39. The number of hydrogen-bond donors (Lipinski definition) is 2. The molecule has 2 N–H and O–H groups in total. The summed E-state index contributed by atoms with van der Waals surface area (Å²) >= 11 is 0. The third-order valence-corrected chi connectivity index (χ3v) is 5.13. The van der Waals surface area contributed by atoms with Gasteiger partial charge in [-0.05, 0) is 49.0 Å². The second-order valence-corrected chi connectivity index (χ2v) is 7.60. The number of nitrogens with one attached hydrogen (secondary N) is 2. The van der Waals surface area contributed by atoms with Gasteiger partial charge in [0.15, 0.2) is 0 Å². The fraction of sp³-hybridized carbons (Fsp3) is 0.611. The molecule has 0 atom stereocenters. The molecule has 1 aromatic carbocycles. The van der Waals surface area contributed by atoms with E-state index in [1.807, 2.05) is 6.20 Å². The highest BCUT2D eigenvalue weighted by molar-refractivity contribution is 5.89. The molecule has 0 bridgehead atoms. The number of para-hydroxylation sites is 1. The van der Waals surface area contributed by atoms with Gasteiger partial charge in [-0.25, -0.2) is 0 Å². The van der Waals surface area contributed by atoms with Gasteiger partial charge in [0.1, 0.15) is 0 Å². The molecule has 0 radical (unpaired) electrons. The molecule has 0 saturated heterocycles. The quantitative estimate of drug-likeness (QED) is 0.848. The largest absolute Gasteiger partial charge is 0.383 e. The van der Waals surface area contributed by atoms with E-state index in [9.17, 15) is 0 Å². The highest BCUT2D eigenvalue weighted by atomic mass is 15.1. The Morgan fingerprint density at radius 1 is 1.19 bits per heavy atom. The van der Waals surface area contributed by atoms with Gasteiger partial charge in [-0.1, -0.05) is 32.9 Å². The zero-order valence-electron chi connectivity index (χ0n) is 13.4. The maximum Gasteiger partial charge on any atom is 0.0881 e. The summed E-state index contributed by atoms with van der Waals surface area (Å²) in [5.41, 5.74) is 2.78. The van der Waals surface area contributed by atoms with Crippen LogP contribution in [0, 0.1) is 17.3 Å². The van der Waals surface area contributed by atoms with Crippen molar-refractivity contribution in [2.45, 2.75) is 46.5 Å². The van der Waals surface area contributed by atoms with Gasteiger partial charge in [0.2, 0.25) is 0 Å². The first kappa shape index (κ1) is 14.4. The van der Waals surface area contributed by atoms with Crippen molar-refractivity contribution in [2.75, 3.05) is 11.9 Å². The number of nitrogens with zero attached hydrogens (tertiary/aromatic N) is 1. The Bertz CT molecular complexity index is 586. The Balaban J connectivity index is 1.56. The fourth-order valence-corrected chi connectivity index (χ4v) is 3.60. The minimum Gasteiger partial charge on any atom is -0.383 e. The van der Waals surface area contributed by atoms with Crippen LogP contribution >= 0.6 is 0 Å². The lowest BCUT2D eigenvalue weighted by molar-refractivity contribution is 0.153. The van der Waals surface area contributed by atoms with Gasteiger partial charge in [-0.2, -0.15) is 5.10 Å². The number of anilines is 1. The maximum atomic E-state index is 4.13. The van der Waals surface area contributed by atoms with E-state index in [1.165, 1.54) is 36.8 Å². The molecule has 0 amide bonds. The predicted octanol–water partition coefficient (Wildman–Crippen LogP) is 4.83. The van der Waals surface area contributed by atoms with E-state index in [1.54, 1.807) is 0 Å². The van der Waals surface area contributed by atoms with Gasteiger partial charge in [0, 0.05) is 11.9 Å². The predicted molar refractivity (Wildman–Crippen MR) is 89.5 cm³/mol. The Labute approximate surface area is 127 Å². The number of H-pyrrole nitrogens is 1. The zero-order valence-corrected chi connectivity index (χ0v) is 13.4. The van der Waals surface area contributed by atoms with Crippen LogP contribution in [0.1, 0.15) is 46.5 Å². The van der Waals surface area contributed by atoms with E-state index in [2.05, 4.69) is 54.5 Å². The fourth-order valence-electron chi connectivity index (χ4n) is 3.60. The molecule has 0 aliphatic heterocycles. The molecule has 114 valence electrons. The van der Waals surface area contributed by atoms with Crippen molar-refractivity contribution in [3.05, 3.63) is 24.4 Å². The molecule has 0 unspecified atom stereocenters. The van der Waals surface area contributed by atoms with E-state index >= 15 is 0 Å². The number of fused-ring (bicyclic) bond motifs is 1. The van der Waals surface area contributed by atoms with Crippen molar-refractivity contribution in [1.29, 1.82) is 0 Å². The van der Waals surface area contributed by atoms with Crippen molar-refractivity contribution < 1.29 is 0 Å². The van der Waals surface area contributed by atoms with Crippen molar-refractivity contribution in [1.82, 2.24) is 10.2 Å². The summed E-state index contributed by atoms with van der Waals surface area (Å²) in [6.07, 6.45) is 7.35. The highest BCUT2D eigenvalue weighted by Gasteiger charge is 2.29. The summed E-state index contributed by atoms with van der Waals surface area (Å²) in [5.74, 6) is 1.70. The normalized spacial score (nSPS) is 23.4. The lowest BCUT2D eigenvalue weighted by Gasteiger charge is -2.37. The van der Waals surface area contributed by atoms with Gasteiger partial charge in [0.05, 0.1) is 17.4 Å². The molecular formula is C18H27N3. The standard InChI is InChI=1S/C18H27N3/c1-18(2,3)15-9-7-13(8-10-15)11-19-16-6-4-5-14-12-20-21-17(14)16/h4-6,12-13,15,19H,7-11H2,1-3H3,(H,20,21). The number of benzene rings is 1. The lowest BCUT2D eigenvalue weighted by atomic mass is 9.70. The molecule has 1 aliphatic carbocycles. The van der Waals surface area contributed by atoms with Gasteiger partial charge >= 0.3 is 0 Å². The zero-order chi connectivity index (χ0) is 14.9. The first-order chi connectivity index (χ1) is 10.0. The van der Waals surface area contributed by atoms with E-state index < -0.39 is 0 Å². The van der Waals surface area contributed by atoms with Crippen LogP contribution in [-0.4, -0.2) is 16.7 Å². The summed E-state index contributed by atoms with van der Waals surface area (Å²) in [6.45, 7) is 8.23. The Hall–Kier alpha value is -1.51. The monoisotopic (exact) mass is 285 g/mol. The van der Waals surface area contributed by atoms with Crippen LogP contribution in [0.25, 0.3) is 10.9 Å². The first-order valence-corrected chi connectivity index (χ1v) is 8.20. The van der Waals surface area contributed by atoms with Crippen LogP contribution in [0.15, 0.2) is 24.4 Å². The van der Waals surface area contributed by atoms with Crippen LogP contribution in [0.4, 0.5) is 5.69 Å². The molecule has 0 spiro atoms. The molecule has 1 heterocycles. The average molecular weight is 285 g/mol. The molecule has 1 aliphatic rings. The molecule has 21 heavy (non-hydrogen) atoms. The van der Waals surface area contributed by atoms with Crippen LogP contribution in [0.3, 0.4) is 0 Å². The van der Waals surface area contributed by atoms with Crippen LogP contribution in [0.5, 0.6) is 0 Å². The number of hydrogen-bond acceptors (Lipinski definition) is 2. The molecule has 3 nitrogen and oxygen atoms in total. The lowest BCUT2D eigenvalue weighted by Crippen LogP contribution is -2.28. The third kappa shape index (κ3) is 3.22. The summed E-state index contributed by atoms with van der Waals surface area (Å²) < 4.78 is 0. The van der Waals surface area contributed by atoms with Crippen molar-refractivity contribution in [3.8, 4) is 0 Å². The summed E-state index contributed by atoms with van der Waals surface area (Å²) in [6, 6.07) is 6.33. The first-order valence-electron chi connectivity index (χ1n) is 8.20. The average Bonchev–Trinajstić information content (AvgIpc) is 2.93. The number of aromatic amines is 1. The van der Waals surface area contributed by atoms with Crippen molar-refractivity contribution in [3.63, 3.8) is 0 Å². The maximum absolute atomic E-state index is 4.13. The third-order valence-electron chi connectivity index (χ3n) is 5.13. The van der Waals surface area contributed by atoms with E-state index in [-0.39, 0.29) is 0 Å². The molecule has 3 rings (SSSR count). The number of rotatable bonds is 3. The van der Waals surface area contributed by atoms with Gasteiger partial charge in [-0.3, -0.25) is 5.10 Å². The second-order valence-electron chi connectivity index (χ2n) is 7.60. The summed E-state index contributed by atoms with van der Waals surface area (Å²) in [4.78, 5) is 0. The summed E-state index contributed by atoms with van der Waals surface area (Å²) in [5, 5.41) is 12.0.